The topological polar surface area (TPSA) is 80.3 Å². The van der Waals surface area contributed by atoms with Gasteiger partial charge in [0.15, 0.2) is 17.4 Å². The van der Waals surface area contributed by atoms with Crippen molar-refractivity contribution >= 4 is 45.6 Å². The summed E-state index contributed by atoms with van der Waals surface area (Å²) >= 11 is 7.26. The number of rotatable bonds is 7. The molecule has 0 unspecified atom stereocenters. The van der Waals surface area contributed by atoms with E-state index in [9.17, 15) is 9.59 Å². The zero-order chi connectivity index (χ0) is 19.1. The lowest BCUT2D eigenvalue weighted by atomic mass is 10.2. The minimum absolute atomic E-state index is 0.154. The molecule has 1 aromatic heterocycles. The normalized spacial score (nSPS) is 10.3. The van der Waals surface area contributed by atoms with E-state index in [0.29, 0.717) is 22.4 Å². The molecule has 0 bridgehead atoms. The van der Waals surface area contributed by atoms with Gasteiger partial charge in [0.1, 0.15) is 0 Å². The third-order valence-corrected chi connectivity index (χ3v) is 4.61. The zero-order valence-corrected chi connectivity index (χ0v) is 15.7. The second-order valence-corrected chi connectivity index (χ2v) is 6.75. The van der Waals surface area contributed by atoms with Crippen LogP contribution in [0.4, 0.5) is 10.8 Å². The predicted octanol–water partition coefficient (Wildman–Crippen LogP) is 4.20. The Bertz CT molecular complexity index is 931. The molecule has 3 aromatic rings. The number of halogens is 1. The van der Waals surface area contributed by atoms with E-state index in [-0.39, 0.29) is 5.69 Å². The lowest BCUT2D eigenvalue weighted by Gasteiger charge is -2.07. The van der Waals surface area contributed by atoms with Crippen molar-refractivity contribution < 1.29 is 14.3 Å². The van der Waals surface area contributed by atoms with E-state index in [2.05, 4.69) is 15.6 Å². The second kappa shape index (κ2) is 9.16. The molecule has 6 nitrogen and oxygen atoms in total. The van der Waals surface area contributed by atoms with Crippen molar-refractivity contribution in [1.82, 2.24) is 4.98 Å². The average molecular weight is 402 g/mol. The van der Waals surface area contributed by atoms with Crippen LogP contribution < -0.4 is 10.6 Å². The minimum Gasteiger partial charge on any atom is -0.451 e. The third-order valence-electron chi connectivity index (χ3n) is 3.48. The molecule has 138 valence electrons. The summed E-state index contributed by atoms with van der Waals surface area (Å²) in [7, 11) is 0. The van der Waals surface area contributed by atoms with Crippen LogP contribution in [0.25, 0.3) is 0 Å². The molecule has 0 fully saturated rings. The maximum atomic E-state index is 12.0. The standard InChI is InChI=1S/C19H16ClN3O3S/c20-14-8-4-5-9-15(14)22-17(24)11-26-18(25)16-12-27-19(23-16)21-10-13-6-2-1-3-7-13/h1-9,12H,10-11H2,(H,21,23)(H,22,24). The lowest BCUT2D eigenvalue weighted by molar-refractivity contribution is -0.119. The molecule has 27 heavy (non-hydrogen) atoms. The number of thiazole rings is 1. The maximum absolute atomic E-state index is 12.0. The molecular weight excluding hydrogens is 386 g/mol. The number of nitrogens with zero attached hydrogens (tertiary/aromatic N) is 1. The van der Waals surface area contributed by atoms with Crippen LogP contribution in [0.2, 0.25) is 5.02 Å². The highest BCUT2D eigenvalue weighted by Crippen LogP contribution is 2.20. The van der Waals surface area contributed by atoms with E-state index in [4.69, 9.17) is 16.3 Å². The highest BCUT2D eigenvalue weighted by molar-refractivity contribution is 7.13. The van der Waals surface area contributed by atoms with E-state index in [1.54, 1.807) is 29.6 Å². The van der Waals surface area contributed by atoms with E-state index < -0.39 is 18.5 Å². The number of esters is 1. The quantitative estimate of drug-likeness (QED) is 0.580. The third kappa shape index (κ3) is 5.54. The number of amides is 1. The van der Waals surface area contributed by atoms with Gasteiger partial charge in [-0.05, 0) is 17.7 Å². The SMILES string of the molecule is O=C(COC(=O)c1csc(NCc2ccccc2)n1)Nc1ccccc1Cl. The largest absolute Gasteiger partial charge is 0.451 e. The molecule has 0 aliphatic heterocycles. The van der Waals surface area contributed by atoms with Gasteiger partial charge in [0.25, 0.3) is 5.91 Å². The fourth-order valence-corrected chi connectivity index (χ4v) is 3.04. The van der Waals surface area contributed by atoms with Gasteiger partial charge in [0.05, 0.1) is 10.7 Å². The summed E-state index contributed by atoms with van der Waals surface area (Å²) in [6.07, 6.45) is 0. The Morgan fingerprint density at radius 2 is 1.81 bits per heavy atom. The molecule has 0 saturated carbocycles. The molecule has 2 N–H and O–H groups in total. The molecule has 2 aromatic carbocycles. The summed E-state index contributed by atoms with van der Waals surface area (Å²) in [6.45, 7) is 0.178. The van der Waals surface area contributed by atoms with Crippen molar-refractivity contribution in [3.8, 4) is 0 Å². The Morgan fingerprint density at radius 3 is 2.59 bits per heavy atom. The Hall–Kier alpha value is -2.90. The fraction of sp³-hybridized carbons (Fsp3) is 0.105. The van der Waals surface area contributed by atoms with E-state index in [1.807, 2.05) is 30.3 Å². The first-order valence-electron chi connectivity index (χ1n) is 8.06. The van der Waals surface area contributed by atoms with Crippen molar-refractivity contribution in [2.75, 3.05) is 17.2 Å². The number of carbonyl (C=O) groups excluding carboxylic acids is 2. The molecule has 1 heterocycles. The Labute approximate surface area is 165 Å². The van der Waals surface area contributed by atoms with Gasteiger partial charge >= 0.3 is 5.97 Å². The smallest absolute Gasteiger partial charge is 0.358 e. The molecule has 0 spiro atoms. The first-order chi connectivity index (χ1) is 13.1. The van der Waals surface area contributed by atoms with Crippen LogP contribution in [-0.4, -0.2) is 23.5 Å². The van der Waals surface area contributed by atoms with Crippen LogP contribution in [0.3, 0.4) is 0 Å². The fourth-order valence-electron chi connectivity index (χ4n) is 2.18. The number of aromatic nitrogens is 1. The van der Waals surface area contributed by atoms with Gasteiger partial charge in [-0.1, -0.05) is 54.1 Å². The summed E-state index contributed by atoms with van der Waals surface area (Å²) in [5, 5.41) is 8.32. The van der Waals surface area contributed by atoms with Gasteiger partial charge in [-0.2, -0.15) is 0 Å². The molecule has 1 amide bonds. The van der Waals surface area contributed by atoms with Crippen LogP contribution >= 0.6 is 22.9 Å². The number of nitrogens with one attached hydrogen (secondary N) is 2. The number of benzene rings is 2. The molecule has 0 aliphatic rings. The summed E-state index contributed by atoms with van der Waals surface area (Å²) in [6, 6.07) is 16.7. The molecule has 0 saturated heterocycles. The lowest BCUT2D eigenvalue weighted by Crippen LogP contribution is -2.21. The van der Waals surface area contributed by atoms with Gasteiger partial charge in [-0.3, -0.25) is 4.79 Å². The number of anilines is 2. The second-order valence-electron chi connectivity index (χ2n) is 5.48. The summed E-state index contributed by atoms with van der Waals surface area (Å²) < 4.78 is 5.00. The van der Waals surface area contributed by atoms with Crippen molar-refractivity contribution in [2.24, 2.45) is 0 Å². The van der Waals surface area contributed by atoms with Gasteiger partial charge in [-0.25, -0.2) is 9.78 Å². The highest BCUT2D eigenvalue weighted by atomic mass is 35.5. The summed E-state index contributed by atoms with van der Waals surface area (Å²) in [5.41, 5.74) is 1.72. The highest BCUT2D eigenvalue weighted by Gasteiger charge is 2.14. The first-order valence-corrected chi connectivity index (χ1v) is 9.32. The summed E-state index contributed by atoms with van der Waals surface area (Å²) in [5.74, 6) is -1.14. The van der Waals surface area contributed by atoms with Crippen molar-refractivity contribution in [1.29, 1.82) is 0 Å². The van der Waals surface area contributed by atoms with E-state index >= 15 is 0 Å². The van der Waals surface area contributed by atoms with E-state index in [0.717, 1.165) is 5.56 Å². The van der Waals surface area contributed by atoms with Gasteiger partial charge < -0.3 is 15.4 Å². The zero-order valence-electron chi connectivity index (χ0n) is 14.1. The molecule has 0 radical (unpaired) electrons. The minimum atomic E-state index is -0.659. The predicted molar refractivity (Wildman–Crippen MR) is 106 cm³/mol. The number of hydrogen-bond donors (Lipinski definition) is 2. The number of hydrogen-bond acceptors (Lipinski definition) is 6. The Kier molecular flexibility index (Phi) is 6.40. The van der Waals surface area contributed by atoms with Crippen LogP contribution in [-0.2, 0) is 16.1 Å². The van der Waals surface area contributed by atoms with Gasteiger partial charge in [-0.15, -0.1) is 11.3 Å². The number of ether oxygens (including phenoxy) is 1. The average Bonchev–Trinajstić information content (AvgIpc) is 3.16. The molecule has 8 heteroatoms. The summed E-state index contributed by atoms with van der Waals surface area (Å²) in [4.78, 5) is 28.1. The van der Waals surface area contributed by atoms with Crippen molar-refractivity contribution in [2.45, 2.75) is 6.54 Å². The molecular formula is C19H16ClN3O3S. The number of carbonyl (C=O) groups is 2. The van der Waals surface area contributed by atoms with Crippen LogP contribution in [0.1, 0.15) is 16.1 Å². The maximum Gasteiger partial charge on any atom is 0.358 e. The number of para-hydroxylation sites is 1. The van der Waals surface area contributed by atoms with Crippen molar-refractivity contribution in [3.63, 3.8) is 0 Å². The Balaban J connectivity index is 1.47. The van der Waals surface area contributed by atoms with Gasteiger partial charge in [0.2, 0.25) is 0 Å². The van der Waals surface area contributed by atoms with Crippen LogP contribution in [0.5, 0.6) is 0 Å². The molecule has 3 rings (SSSR count). The first kappa shape index (κ1) is 18.9. The van der Waals surface area contributed by atoms with Crippen molar-refractivity contribution in [3.05, 3.63) is 76.3 Å². The molecule has 0 aliphatic carbocycles. The Morgan fingerprint density at radius 1 is 1.07 bits per heavy atom. The van der Waals surface area contributed by atoms with E-state index in [1.165, 1.54) is 11.3 Å². The van der Waals surface area contributed by atoms with Gasteiger partial charge in [0, 0.05) is 11.9 Å². The molecule has 0 atom stereocenters. The van der Waals surface area contributed by atoms with Crippen LogP contribution in [0.15, 0.2) is 60.0 Å². The van der Waals surface area contributed by atoms with Crippen LogP contribution in [0, 0.1) is 0 Å². The monoisotopic (exact) mass is 401 g/mol.